The number of oxime groups is 1. The Kier molecular flexibility index (Phi) is 6.95. The molecule has 0 saturated carbocycles. The van der Waals surface area contributed by atoms with Gasteiger partial charge in [0.1, 0.15) is 5.03 Å². The molecular formula is C16H12F6N4O2S. The van der Waals surface area contributed by atoms with Crippen molar-refractivity contribution in [3.05, 3.63) is 53.7 Å². The van der Waals surface area contributed by atoms with Crippen molar-refractivity contribution >= 4 is 29.4 Å². The van der Waals surface area contributed by atoms with Crippen LogP contribution in [0.1, 0.15) is 11.1 Å². The lowest BCUT2D eigenvalue weighted by Gasteiger charge is -2.10. The first-order valence-electron chi connectivity index (χ1n) is 7.59. The van der Waals surface area contributed by atoms with E-state index in [9.17, 15) is 31.1 Å². The number of thioether (sulfide) groups is 1. The smallest absolute Gasteiger partial charge is 0.384 e. The van der Waals surface area contributed by atoms with Gasteiger partial charge in [-0.05, 0) is 30.3 Å². The third kappa shape index (κ3) is 6.85. The SMILES string of the molecule is N/C(CSc1ncccc1C(F)(F)F)=N/OC(=O)Nc1cccc(C(F)(F)F)c1. The highest BCUT2D eigenvalue weighted by atomic mass is 32.2. The largest absolute Gasteiger partial charge is 0.437 e. The molecule has 0 atom stereocenters. The molecule has 1 amide bonds. The molecule has 13 heteroatoms. The number of alkyl halides is 6. The molecular weight excluding hydrogens is 426 g/mol. The highest BCUT2D eigenvalue weighted by Gasteiger charge is 2.34. The van der Waals surface area contributed by atoms with Gasteiger partial charge in [0, 0.05) is 11.9 Å². The number of benzene rings is 1. The van der Waals surface area contributed by atoms with E-state index in [2.05, 4.69) is 15.0 Å². The maximum Gasteiger partial charge on any atom is 0.437 e. The number of nitrogens with one attached hydrogen (secondary N) is 1. The Balaban J connectivity index is 1.93. The van der Waals surface area contributed by atoms with Crippen LogP contribution in [-0.2, 0) is 17.2 Å². The molecule has 0 fully saturated rings. The van der Waals surface area contributed by atoms with Crippen molar-refractivity contribution in [1.29, 1.82) is 0 Å². The Labute approximate surface area is 164 Å². The summed E-state index contributed by atoms with van der Waals surface area (Å²) in [5.41, 5.74) is 3.33. The number of aromatic nitrogens is 1. The molecule has 0 aliphatic heterocycles. The highest BCUT2D eigenvalue weighted by molar-refractivity contribution is 8.00. The predicted octanol–water partition coefficient (Wildman–Crippen LogP) is 4.73. The summed E-state index contributed by atoms with van der Waals surface area (Å²) in [6.45, 7) is 0. The zero-order valence-corrected chi connectivity index (χ0v) is 15.0. The van der Waals surface area contributed by atoms with Crippen LogP contribution in [0.15, 0.2) is 52.8 Å². The maximum absolute atomic E-state index is 12.9. The molecule has 2 aromatic rings. The number of carbonyl (C=O) groups excluding carboxylic acids is 1. The van der Waals surface area contributed by atoms with Gasteiger partial charge in [0.25, 0.3) is 0 Å². The van der Waals surface area contributed by atoms with E-state index < -0.39 is 29.6 Å². The van der Waals surface area contributed by atoms with Crippen LogP contribution >= 0.6 is 11.8 Å². The van der Waals surface area contributed by atoms with Crippen molar-refractivity contribution in [3.63, 3.8) is 0 Å². The summed E-state index contributed by atoms with van der Waals surface area (Å²) in [7, 11) is 0. The maximum atomic E-state index is 12.9. The Hall–Kier alpha value is -2.96. The normalized spacial score (nSPS) is 12.6. The summed E-state index contributed by atoms with van der Waals surface area (Å²) in [6.07, 6.45) is -9.26. The molecule has 0 aliphatic carbocycles. The molecule has 0 radical (unpaired) electrons. The van der Waals surface area contributed by atoms with Crippen molar-refractivity contribution in [2.24, 2.45) is 10.9 Å². The number of pyridine rings is 1. The molecule has 1 heterocycles. The molecule has 0 spiro atoms. The summed E-state index contributed by atoms with van der Waals surface area (Å²) < 4.78 is 76.5. The van der Waals surface area contributed by atoms with E-state index in [4.69, 9.17) is 5.73 Å². The van der Waals surface area contributed by atoms with Crippen LogP contribution in [-0.4, -0.2) is 22.7 Å². The van der Waals surface area contributed by atoms with E-state index >= 15 is 0 Å². The number of hydrogen-bond acceptors (Lipinski definition) is 5. The van der Waals surface area contributed by atoms with E-state index in [0.717, 1.165) is 24.3 Å². The standard InChI is InChI=1S/C16H12F6N4O2S/c17-15(18,19)9-3-1-4-10(7-9)25-14(27)28-26-12(23)8-29-13-11(16(20,21)22)5-2-6-24-13/h1-7H,8H2,(H2,23,26)(H,25,27). The number of rotatable bonds is 5. The van der Waals surface area contributed by atoms with Gasteiger partial charge in [-0.15, -0.1) is 0 Å². The third-order valence-corrected chi connectivity index (χ3v) is 4.15. The number of anilines is 1. The molecule has 0 saturated heterocycles. The Morgan fingerprint density at radius 2 is 1.86 bits per heavy atom. The van der Waals surface area contributed by atoms with Crippen molar-refractivity contribution in [3.8, 4) is 0 Å². The second-order valence-corrected chi connectivity index (χ2v) is 6.27. The fourth-order valence-electron chi connectivity index (χ4n) is 1.90. The van der Waals surface area contributed by atoms with Crippen LogP contribution in [0.4, 0.5) is 36.8 Å². The van der Waals surface area contributed by atoms with Crippen molar-refractivity contribution in [2.45, 2.75) is 17.4 Å². The number of amidine groups is 1. The molecule has 2 rings (SSSR count). The number of halogens is 6. The average Bonchev–Trinajstić information content (AvgIpc) is 2.64. The first kappa shape index (κ1) is 22.3. The summed E-state index contributed by atoms with van der Waals surface area (Å²) in [6, 6.07) is 5.75. The molecule has 0 unspecified atom stereocenters. The summed E-state index contributed by atoms with van der Waals surface area (Å²) in [5.74, 6) is -0.621. The molecule has 29 heavy (non-hydrogen) atoms. The van der Waals surface area contributed by atoms with Gasteiger partial charge in [-0.2, -0.15) is 26.3 Å². The van der Waals surface area contributed by atoms with Gasteiger partial charge in [0.2, 0.25) is 0 Å². The summed E-state index contributed by atoms with van der Waals surface area (Å²) >= 11 is 0.619. The second kappa shape index (κ2) is 9.03. The highest BCUT2D eigenvalue weighted by Crippen LogP contribution is 2.35. The van der Waals surface area contributed by atoms with Crippen LogP contribution in [0.3, 0.4) is 0 Å². The van der Waals surface area contributed by atoms with Gasteiger partial charge < -0.3 is 5.73 Å². The van der Waals surface area contributed by atoms with Gasteiger partial charge >= 0.3 is 18.4 Å². The topological polar surface area (TPSA) is 89.6 Å². The zero-order chi connectivity index (χ0) is 21.7. The van der Waals surface area contributed by atoms with Gasteiger partial charge in [0.05, 0.1) is 16.9 Å². The van der Waals surface area contributed by atoms with Crippen molar-refractivity contribution < 1.29 is 36.0 Å². The fourth-order valence-corrected chi connectivity index (χ4v) is 2.72. The molecule has 6 nitrogen and oxygen atoms in total. The van der Waals surface area contributed by atoms with Crippen LogP contribution in [0, 0.1) is 0 Å². The van der Waals surface area contributed by atoms with E-state index in [1.165, 1.54) is 12.3 Å². The minimum Gasteiger partial charge on any atom is -0.384 e. The quantitative estimate of drug-likeness (QED) is 0.176. The third-order valence-electron chi connectivity index (χ3n) is 3.12. The first-order valence-corrected chi connectivity index (χ1v) is 8.58. The zero-order valence-electron chi connectivity index (χ0n) is 14.2. The first-order chi connectivity index (χ1) is 13.5. The summed E-state index contributed by atoms with van der Waals surface area (Å²) in [4.78, 5) is 19.6. The van der Waals surface area contributed by atoms with E-state index in [-0.39, 0.29) is 22.3 Å². The number of nitrogens with two attached hydrogens (primary N) is 1. The van der Waals surface area contributed by atoms with Gasteiger partial charge in [-0.1, -0.05) is 23.0 Å². The fraction of sp³-hybridized carbons (Fsp3) is 0.188. The Morgan fingerprint density at radius 3 is 2.52 bits per heavy atom. The summed E-state index contributed by atoms with van der Waals surface area (Å²) in [5, 5.41) is 4.91. The number of nitrogens with zero attached hydrogens (tertiary/aromatic N) is 2. The Morgan fingerprint density at radius 1 is 1.14 bits per heavy atom. The number of hydrogen-bond donors (Lipinski definition) is 2. The van der Waals surface area contributed by atoms with Crippen molar-refractivity contribution in [1.82, 2.24) is 4.98 Å². The van der Waals surface area contributed by atoms with Crippen molar-refractivity contribution in [2.75, 3.05) is 11.1 Å². The minimum atomic E-state index is -4.61. The lowest BCUT2D eigenvalue weighted by Crippen LogP contribution is -2.19. The predicted molar refractivity (Wildman–Crippen MR) is 93.1 cm³/mol. The molecule has 0 bridgehead atoms. The van der Waals surface area contributed by atoms with Crippen LogP contribution in [0.25, 0.3) is 0 Å². The second-order valence-electron chi connectivity index (χ2n) is 5.31. The lowest BCUT2D eigenvalue weighted by molar-refractivity contribution is -0.140. The number of amides is 1. The van der Waals surface area contributed by atoms with Crippen LogP contribution < -0.4 is 11.1 Å². The monoisotopic (exact) mass is 438 g/mol. The minimum absolute atomic E-state index is 0.198. The molecule has 156 valence electrons. The molecule has 3 N–H and O–H groups in total. The van der Waals surface area contributed by atoms with Gasteiger partial charge in [-0.3, -0.25) is 10.2 Å². The molecule has 0 aliphatic rings. The van der Waals surface area contributed by atoms with E-state index in [1.54, 1.807) is 0 Å². The molecule has 1 aromatic carbocycles. The average molecular weight is 438 g/mol. The van der Waals surface area contributed by atoms with E-state index in [1.807, 2.05) is 5.32 Å². The van der Waals surface area contributed by atoms with E-state index in [0.29, 0.717) is 17.8 Å². The Bertz CT molecular complexity index is 901. The van der Waals surface area contributed by atoms with Gasteiger partial charge in [0.15, 0.2) is 5.84 Å². The number of carbonyl (C=O) groups is 1. The van der Waals surface area contributed by atoms with Crippen LogP contribution in [0.5, 0.6) is 0 Å². The lowest BCUT2D eigenvalue weighted by atomic mass is 10.2. The molecule has 1 aromatic heterocycles. The van der Waals surface area contributed by atoms with Gasteiger partial charge in [-0.25, -0.2) is 9.78 Å². The van der Waals surface area contributed by atoms with Crippen LogP contribution in [0.2, 0.25) is 0 Å².